The number of hydrogen-bond acceptors (Lipinski definition) is 4. The molecule has 3 rings (SSSR count). The first-order valence-electron chi connectivity index (χ1n) is 11.4. The highest BCUT2D eigenvalue weighted by Crippen LogP contribution is 2.22. The summed E-state index contributed by atoms with van der Waals surface area (Å²) in [6.45, 7) is 3.35. The van der Waals surface area contributed by atoms with Crippen molar-refractivity contribution in [2.45, 2.75) is 58.2 Å². The number of nitrogens with one attached hydrogen (secondary N) is 1. The van der Waals surface area contributed by atoms with E-state index >= 15 is 0 Å². The minimum absolute atomic E-state index is 0.123. The van der Waals surface area contributed by atoms with Crippen LogP contribution in [0.15, 0.2) is 53.0 Å². The molecule has 1 saturated carbocycles. The number of hydrogen-bond donors (Lipinski definition) is 1. The van der Waals surface area contributed by atoms with Crippen LogP contribution in [0.2, 0.25) is 0 Å². The number of sulfonamides is 1. The summed E-state index contributed by atoms with van der Waals surface area (Å²) < 4.78 is 27.2. The smallest absolute Gasteiger partial charge is 0.244 e. The SMILES string of the molecule is Cc1cccc(N(CC(=O)N(Cc2cccc(Br)c2)[C@@H](C)C(=O)NC2CCCC2)S(C)(=O)=O)c1. The van der Waals surface area contributed by atoms with Crippen LogP contribution in [0, 0.1) is 6.92 Å². The molecular formula is C25H32BrN3O4S. The normalized spacial score (nSPS) is 15.1. The highest BCUT2D eigenvalue weighted by molar-refractivity contribution is 9.10. The van der Waals surface area contributed by atoms with Gasteiger partial charge in [-0.1, -0.05) is 53.0 Å². The Morgan fingerprint density at radius 2 is 1.79 bits per heavy atom. The Labute approximate surface area is 210 Å². The average molecular weight is 551 g/mol. The average Bonchev–Trinajstić information content (AvgIpc) is 3.27. The molecule has 34 heavy (non-hydrogen) atoms. The van der Waals surface area contributed by atoms with Crippen molar-refractivity contribution < 1.29 is 18.0 Å². The lowest BCUT2D eigenvalue weighted by molar-refractivity contribution is -0.139. The molecule has 1 fully saturated rings. The van der Waals surface area contributed by atoms with Crippen molar-refractivity contribution in [3.8, 4) is 0 Å². The Balaban J connectivity index is 1.88. The van der Waals surface area contributed by atoms with Crippen molar-refractivity contribution in [3.63, 3.8) is 0 Å². The molecule has 7 nitrogen and oxygen atoms in total. The van der Waals surface area contributed by atoms with Crippen LogP contribution >= 0.6 is 15.9 Å². The second kappa shape index (κ2) is 11.4. The largest absolute Gasteiger partial charge is 0.352 e. The molecule has 0 spiro atoms. The molecule has 2 aromatic carbocycles. The highest BCUT2D eigenvalue weighted by atomic mass is 79.9. The summed E-state index contributed by atoms with van der Waals surface area (Å²) in [5, 5.41) is 3.06. The van der Waals surface area contributed by atoms with E-state index in [1.807, 2.05) is 37.3 Å². The van der Waals surface area contributed by atoms with E-state index in [1.54, 1.807) is 25.1 Å². The quantitative estimate of drug-likeness (QED) is 0.512. The first-order valence-corrected chi connectivity index (χ1v) is 14.1. The number of anilines is 1. The number of carbonyl (C=O) groups is 2. The molecule has 0 radical (unpaired) electrons. The number of benzene rings is 2. The van der Waals surface area contributed by atoms with Crippen LogP contribution in [0.3, 0.4) is 0 Å². The first-order chi connectivity index (χ1) is 16.0. The molecule has 0 aromatic heterocycles. The van der Waals surface area contributed by atoms with Gasteiger partial charge in [-0.2, -0.15) is 0 Å². The lowest BCUT2D eigenvalue weighted by atomic mass is 10.1. The molecule has 0 bridgehead atoms. The van der Waals surface area contributed by atoms with Crippen LogP contribution in [0.4, 0.5) is 5.69 Å². The minimum Gasteiger partial charge on any atom is -0.352 e. The lowest BCUT2D eigenvalue weighted by Gasteiger charge is -2.32. The first kappa shape index (κ1) is 26.2. The van der Waals surface area contributed by atoms with Crippen molar-refractivity contribution in [2.75, 3.05) is 17.1 Å². The monoisotopic (exact) mass is 549 g/mol. The fraction of sp³-hybridized carbons (Fsp3) is 0.440. The molecule has 0 unspecified atom stereocenters. The molecule has 1 atom stereocenters. The number of halogens is 1. The summed E-state index contributed by atoms with van der Waals surface area (Å²) in [5.74, 6) is -0.669. The Morgan fingerprint density at radius 3 is 2.41 bits per heavy atom. The minimum atomic E-state index is -3.73. The van der Waals surface area contributed by atoms with Crippen LogP contribution in [-0.2, 0) is 26.2 Å². The van der Waals surface area contributed by atoms with Crippen LogP contribution in [0.5, 0.6) is 0 Å². The molecule has 2 amide bonds. The summed E-state index contributed by atoms with van der Waals surface area (Å²) >= 11 is 3.45. The number of aryl methyl sites for hydroxylation is 1. The predicted molar refractivity (Wildman–Crippen MR) is 138 cm³/mol. The molecule has 1 N–H and O–H groups in total. The Morgan fingerprint density at radius 1 is 1.12 bits per heavy atom. The van der Waals surface area contributed by atoms with E-state index in [-0.39, 0.29) is 18.5 Å². The maximum absolute atomic E-state index is 13.6. The van der Waals surface area contributed by atoms with Crippen molar-refractivity contribution >= 4 is 43.5 Å². The van der Waals surface area contributed by atoms with Gasteiger partial charge < -0.3 is 10.2 Å². The maximum atomic E-state index is 13.6. The summed E-state index contributed by atoms with van der Waals surface area (Å²) in [6, 6.07) is 13.9. The number of rotatable bonds is 9. The number of nitrogens with zero attached hydrogens (tertiary/aromatic N) is 2. The van der Waals surface area contributed by atoms with Gasteiger partial charge in [0.05, 0.1) is 11.9 Å². The van der Waals surface area contributed by atoms with Crippen LogP contribution in [-0.4, -0.2) is 50.0 Å². The summed E-state index contributed by atoms with van der Waals surface area (Å²) in [7, 11) is -3.73. The van der Waals surface area contributed by atoms with Gasteiger partial charge >= 0.3 is 0 Å². The van der Waals surface area contributed by atoms with Crippen LogP contribution in [0.25, 0.3) is 0 Å². The molecule has 184 valence electrons. The second-order valence-electron chi connectivity index (χ2n) is 8.93. The zero-order chi connectivity index (χ0) is 24.9. The van der Waals surface area contributed by atoms with Gasteiger partial charge in [0.15, 0.2) is 0 Å². The van der Waals surface area contributed by atoms with Crippen molar-refractivity contribution in [2.24, 2.45) is 0 Å². The zero-order valence-electron chi connectivity index (χ0n) is 19.8. The molecular weight excluding hydrogens is 518 g/mol. The van der Waals surface area contributed by atoms with Crippen molar-refractivity contribution in [1.29, 1.82) is 0 Å². The second-order valence-corrected chi connectivity index (χ2v) is 11.7. The summed E-state index contributed by atoms with van der Waals surface area (Å²) in [5.41, 5.74) is 2.14. The predicted octanol–water partition coefficient (Wildman–Crippen LogP) is 4.00. The van der Waals surface area contributed by atoms with Gasteiger partial charge in [0.25, 0.3) is 0 Å². The van der Waals surface area contributed by atoms with E-state index in [1.165, 1.54) is 4.90 Å². The molecule has 0 saturated heterocycles. The highest BCUT2D eigenvalue weighted by Gasteiger charge is 2.31. The van der Waals surface area contributed by atoms with E-state index in [0.717, 1.165) is 51.8 Å². The maximum Gasteiger partial charge on any atom is 0.244 e. The van der Waals surface area contributed by atoms with Gasteiger partial charge in [0, 0.05) is 17.1 Å². The number of amides is 2. The van der Waals surface area contributed by atoms with Crippen LogP contribution < -0.4 is 9.62 Å². The van der Waals surface area contributed by atoms with Gasteiger partial charge in [-0.3, -0.25) is 13.9 Å². The topological polar surface area (TPSA) is 86.8 Å². The summed E-state index contributed by atoms with van der Waals surface area (Å²) in [4.78, 5) is 28.1. The van der Waals surface area contributed by atoms with Gasteiger partial charge in [-0.05, 0) is 62.1 Å². The third kappa shape index (κ3) is 7.06. The molecule has 2 aromatic rings. The van der Waals surface area contributed by atoms with E-state index in [2.05, 4.69) is 21.2 Å². The third-order valence-corrected chi connectivity index (χ3v) is 7.71. The van der Waals surface area contributed by atoms with Gasteiger partial charge in [0.1, 0.15) is 12.6 Å². The molecule has 1 aliphatic rings. The Bertz CT molecular complexity index is 1130. The van der Waals surface area contributed by atoms with E-state index in [4.69, 9.17) is 0 Å². The number of carbonyl (C=O) groups excluding carboxylic acids is 2. The third-order valence-electron chi connectivity index (χ3n) is 6.08. The zero-order valence-corrected chi connectivity index (χ0v) is 22.2. The van der Waals surface area contributed by atoms with Gasteiger partial charge in [0.2, 0.25) is 21.8 Å². The fourth-order valence-corrected chi connectivity index (χ4v) is 5.49. The molecule has 0 heterocycles. The van der Waals surface area contributed by atoms with Crippen molar-refractivity contribution in [3.05, 3.63) is 64.1 Å². The van der Waals surface area contributed by atoms with E-state index in [9.17, 15) is 18.0 Å². The summed E-state index contributed by atoms with van der Waals surface area (Å²) in [6.07, 6.45) is 5.12. The lowest BCUT2D eigenvalue weighted by Crippen LogP contribution is -2.52. The van der Waals surface area contributed by atoms with Crippen LogP contribution in [0.1, 0.15) is 43.7 Å². The standard InChI is InChI=1S/C25H32BrN3O4S/c1-18-8-6-13-23(14-18)29(34(3,32)33)17-24(30)28(16-20-9-7-10-21(26)15-20)19(2)25(31)27-22-11-4-5-12-22/h6-10,13-15,19,22H,4-5,11-12,16-17H2,1-3H3,(H,27,31)/t19-/m0/s1. The molecule has 1 aliphatic carbocycles. The Kier molecular flexibility index (Phi) is 8.76. The van der Waals surface area contributed by atoms with Gasteiger partial charge in [-0.15, -0.1) is 0 Å². The van der Waals surface area contributed by atoms with E-state index < -0.39 is 28.5 Å². The molecule has 0 aliphatic heterocycles. The van der Waals surface area contributed by atoms with Crippen molar-refractivity contribution in [1.82, 2.24) is 10.2 Å². The molecule has 9 heteroatoms. The fourth-order valence-electron chi connectivity index (χ4n) is 4.20. The van der Waals surface area contributed by atoms with E-state index in [0.29, 0.717) is 5.69 Å². The van der Waals surface area contributed by atoms with Gasteiger partial charge in [-0.25, -0.2) is 8.42 Å². The Hall–Kier alpha value is -2.39.